The maximum absolute atomic E-state index is 13.0. The zero-order valence-corrected chi connectivity index (χ0v) is 16.3. The molecule has 6 nitrogen and oxygen atoms in total. The number of methoxy groups -OCH3 is 1. The number of imide groups is 1. The van der Waals surface area contributed by atoms with Crippen molar-refractivity contribution in [3.05, 3.63) is 40.3 Å². The molecule has 1 atom stereocenters. The fraction of sp³-hybridized carbons (Fsp3) is 0.316. The molecular formula is C19H18N2O4S2. The number of ether oxygens (including phenoxy) is 1. The molecule has 0 bridgehead atoms. The van der Waals surface area contributed by atoms with E-state index in [0.29, 0.717) is 16.3 Å². The summed E-state index contributed by atoms with van der Waals surface area (Å²) in [6.07, 6.45) is 2.72. The van der Waals surface area contributed by atoms with Crippen LogP contribution in [0.1, 0.15) is 33.6 Å². The summed E-state index contributed by atoms with van der Waals surface area (Å²) in [4.78, 5) is 41.1. The third-order valence-electron chi connectivity index (χ3n) is 4.76. The fourth-order valence-electron chi connectivity index (χ4n) is 3.48. The fourth-order valence-corrected chi connectivity index (χ4v) is 5.93. The average Bonchev–Trinajstić information content (AvgIpc) is 3.30. The molecule has 1 aliphatic carbocycles. The smallest absolute Gasteiger partial charge is 0.341 e. The van der Waals surface area contributed by atoms with Crippen LogP contribution in [0, 0.1) is 0 Å². The Morgan fingerprint density at radius 1 is 1.26 bits per heavy atom. The molecule has 8 heteroatoms. The van der Waals surface area contributed by atoms with Crippen LogP contribution in [0.15, 0.2) is 29.2 Å². The van der Waals surface area contributed by atoms with Crippen molar-refractivity contribution >= 4 is 51.6 Å². The van der Waals surface area contributed by atoms with Crippen molar-refractivity contribution in [3.63, 3.8) is 0 Å². The van der Waals surface area contributed by atoms with Gasteiger partial charge in [-0.05, 0) is 49.1 Å². The van der Waals surface area contributed by atoms with Crippen LogP contribution in [0.25, 0.3) is 0 Å². The zero-order valence-electron chi connectivity index (χ0n) is 14.7. The van der Waals surface area contributed by atoms with Crippen LogP contribution in [0.2, 0.25) is 0 Å². The maximum atomic E-state index is 13.0. The topological polar surface area (TPSA) is 89.7 Å². The minimum Gasteiger partial charge on any atom is -0.465 e. The Morgan fingerprint density at radius 2 is 2.00 bits per heavy atom. The van der Waals surface area contributed by atoms with E-state index in [9.17, 15) is 14.4 Å². The summed E-state index contributed by atoms with van der Waals surface area (Å²) in [6, 6.07) is 7.20. The van der Waals surface area contributed by atoms with Crippen LogP contribution >= 0.6 is 23.1 Å². The van der Waals surface area contributed by atoms with Gasteiger partial charge in [-0.3, -0.25) is 9.59 Å². The molecular weight excluding hydrogens is 384 g/mol. The van der Waals surface area contributed by atoms with Gasteiger partial charge in [-0.1, -0.05) is 0 Å². The SMILES string of the molecule is COC(=O)c1c(N2C(=O)C[C@H](Sc3ccc(N)cc3)C2=O)sc2c1CCC2. The number of anilines is 2. The quantitative estimate of drug-likeness (QED) is 0.480. The van der Waals surface area contributed by atoms with Crippen molar-refractivity contribution in [2.75, 3.05) is 17.7 Å². The molecule has 4 rings (SSSR count). The first kappa shape index (κ1) is 18.1. The predicted molar refractivity (Wildman–Crippen MR) is 105 cm³/mol. The molecule has 1 saturated heterocycles. The summed E-state index contributed by atoms with van der Waals surface area (Å²) in [7, 11) is 1.32. The number of thioether (sulfide) groups is 1. The Bertz CT molecular complexity index is 936. The molecule has 2 aromatic rings. The number of rotatable bonds is 4. The van der Waals surface area contributed by atoms with Gasteiger partial charge in [0.25, 0.3) is 0 Å². The number of thiophene rings is 1. The highest BCUT2D eigenvalue weighted by Crippen LogP contribution is 2.44. The first-order chi connectivity index (χ1) is 13.0. The first-order valence-electron chi connectivity index (χ1n) is 8.61. The lowest BCUT2D eigenvalue weighted by Gasteiger charge is -2.15. The van der Waals surface area contributed by atoms with Crippen molar-refractivity contribution in [2.45, 2.75) is 35.8 Å². The highest BCUT2D eigenvalue weighted by atomic mass is 32.2. The minimum atomic E-state index is -0.511. The summed E-state index contributed by atoms with van der Waals surface area (Å²) in [5.41, 5.74) is 7.65. The summed E-state index contributed by atoms with van der Waals surface area (Å²) in [5.74, 6) is -1.05. The number of nitrogen functional groups attached to an aromatic ring is 1. The number of esters is 1. The second kappa shape index (κ2) is 7.01. The number of hydrogen-bond acceptors (Lipinski definition) is 7. The lowest BCUT2D eigenvalue weighted by Crippen LogP contribution is -2.31. The molecule has 1 aliphatic heterocycles. The number of hydrogen-bond donors (Lipinski definition) is 1. The van der Waals surface area contributed by atoms with Crippen molar-refractivity contribution in [1.82, 2.24) is 0 Å². The molecule has 2 aliphatic rings. The number of aryl methyl sites for hydroxylation is 1. The van der Waals surface area contributed by atoms with E-state index in [0.717, 1.165) is 34.6 Å². The van der Waals surface area contributed by atoms with Gasteiger partial charge in [0.05, 0.1) is 17.9 Å². The molecule has 1 fully saturated rings. The van der Waals surface area contributed by atoms with Gasteiger partial charge in [0.15, 0.2) is 0 Å². The Hall–Kier alpha value is -2.32. The number of carbonyl (C=O) groups excluding carboxylic acids is 3. The Kier molecular flexibility index (Phi) is 4.69. The summed E-state index contributed by atoms with van der Waals surface area (Å²) < 4.78 is 4.93. The summed E-state index contributed by atoms with van der Waals surface area (Å²) in [6.45, 7) is 0. The summed E-state index contributed by atoms with van der Waals surface area (Å²) in [5, 5.41) is -0.0921. The molecule has 0 spiro atoms. The third kappa shape index (κ3) is 3.12. The van der Waals surface area contributed by atoms with Crippen molar-refractivity contribution < 1.29 is 19.1 Å². The normalized spacial score (nSPS) is 18.9. The highest BCUT2D eigenvalue weighted by Gasteiger charge is 2.44. The van der Waals surface area contributed by atoms with Crippen LogP contribution in [0.4, 0.5) is 10.7 Å². The van der Waals surface area contributed by atoms with E-state index in [1.807, 2.05) is 12.1 Å². The molecule has 140 valence electrons. The largest absolute Gasteiger partial charge is 0.465 e. The average molecular weight is 402 g/mol. The molecule has 0 radical (unpaired) electrons. The van der Waals surface area contributed by atoms with E-state index in [2.05, 4.69) is 0 Å². The number of amides is 2. The van der Waals surface area contributed by atoms with E-state index in [4.69, 9.17) is 10.5 Å². The lowest BCUT2D eigenvalue weighted by atomic mass is 10.1. The van der Waals surface area contributed by atoms with Gasteiger partial charge in [-0.25, -0.2) is 9.69 Å². The number of nitrogens with two attached hydrogens (primary N) is 1. The van der Waals surface area contributed by atoms with Gasteiger partial charge in [0, 0.05) is 21.9 Å². The second-order valence-electron chi connectivity index (χ2n) is 6.48. The van der Waals surface area contributed by atoms with Gasteiger partial charge < -0.3 is 10.5 Å². The van der Waals surface area contributed by atoms with Gasteiger partial charge in [-0.2, -0.15) is 0 Å². The predicted octanol–water partition coefficient (Wildman–Crippen LogP) is 3.03. The minimum absolute atomic E-state index is 0.108. The lowest BCUT2D eigenvalue weighted by molar-refractivity contribution is -0.121. The Balaban J connectivity index is 1.65. The Labute approximate surface area is 164 Å². The zero-order chi connectivity index (χ0) is 19.1. The maximum Gasteiger partial charge on any atom is 0.341 e. The number of fused-ring (bicyclic) bond motifs is 1. The summed E-state index contributed by atoms with van der Waals surface area (Å²) >= 11 is 2.71. The molecule has 1 aromatic heterocycles. The van der Waals surface area contributed by atoms with Crippen LogP contribution < -0.4 is 10.6 Å². The Morgan fingerprint density at radius 3 is 2.70 bits per heavy atom. The number of nitrogens with zero attached hydrogens (tertiary/aromatic N) is 1. The van der Waals surface area contributed by atoms with Gasteiger partial charge in [0.1, 0.15) is 5.00 Å². The highest BCUT2D eigenvalue weighted by molar-refractivity contribution is 8.00. The second-order valence-corrected chi connectivity index (χ2v) is 8.84. The molecule has 27 heavy (non-hydrogen) atoms. The molecule has 0 saturated carbocycles. The molecule has 2 N–H and O–H groups in total. The van der Waals surface area contributed by atoms with E-state index in [-0.39, 0.29) is 18.2 Å². The van der Waals surface area contributed by atoms with E-state index >= 15 is 0 Å². The van der Waals surface area contributed by atoms with Crippen LogP contribution in [-0.2, 0) is 27.2 Å². The van der Waals surface area contributed by atoms with Crippen molar-refractivity contribution in [3.8, 4) is 0 Å². The van der Waals surface area contributed by atoms with Crippen LogP contribution in [0.3, 0.4) is 0 Å². The van der Waals surface area contributed by atoms with E-state index in [1.54, 1.807) is 12.1 Å². The monoisotopic (exact) mass is 402 g/mol. The van der Waals surface area contributed by atoms with Gasteiger partial charge in [0.2, 0.25) is 11.8 Å². The first-order valence-corrected chi connectivity index (χ1v) is 10.3. The van der Waals surface area contributed by atoms with E-state index in [1.165, 1.54) is 35.1 Å². The molecule has 0 unspecified atom stereocenters. The van der Waals surface area contributed by atoms with Crippen molar-refractivity contribution in [2.24, 2.45) is 0 Å². The van der Waals surface area contributed by atoms with Crippen molar-refractivity contribution in [1.29, 1.82) is 0 Å². The third-order valence-corrected chi connectivity index (χ3v) is 7.23. The standard InChI is InChI=1S/C19H18N2O4S2/c1-25-19(24)16-12-3-2-4-13(12)27-18(16)21-15(22)9-14(17(21)23)26-11-7-5-10(20)6-8-11/h5-8,14H,2-4,9,20H2,1H3/t14-/m0/s1. The molecule has 1 aromatic carbocycles. The van der Waals surface area contributed by atoms with Crippen LogP contribution in [-0.4, -0.2) is 30.1 Å². The van der Waals surface area contributed by atoms with Crippen LogP contribution in [0.5, 0.6) is 0 Å². The number of carbonyl (C=O) groups is 3. The molecule has 2 heterocycles. The van der Waals surface area contributed by atoms with Gasteiger partial charge in [-0.15, -0.1) is 23.1 Å². The van der Waals surface area contributed by atoms with Gasteiger partial charge >= 0.3 is 5.97 Å². The van der Waals surface area contributed by atoms with E-state index < -0.39 is 11.2 Å². The molecule has 2 amide bonds. The number of benzene rings is 1.